The second kappa shape index (κ2) is 10.5. The lowest BCUT2D eigenvalue weighted by molar-refractivity contribution is -0.138. The monoisotopic (exact) mass is 519 g/mol. The Hall–Kier alpha value is -1.96. The highest BCUT2D eigenvalue weighted by atomic mass is 16.4. The van der Waals surface area contributed by atoms with Gasteiger partial charge in [0.05, 0.1) is 24.1 Å². The van der Waals surface area contributed by atoms with Crippen LogP contribution in [0.15, 0.2) is 24.3 Å². The normalized spacial score (nSPS) is 34.9. The minimum atomic E-state index is -0.728. The number of piperidine rings is 2. The maximum Gasteiger partial charge on any atom is 0.317 e. The smallest absolute Gasteiger partial charge is 0.317 e. The van der Waals surface area contributed by atoms with E-state index in [0.717, 1.165) is 68.2 Å². The molecule has 2 saturated carbocycles. The molecule has 3 saturated heterocycles. The second-order valence-corrected chi connectivity index (χ2v) is 13.2. The maximum absolute atomic E-state index is 11.1. The molecule has 3 aliphatic heterocycles. The third-order valence-corrected chi connectivity index (χ3v) is 10.8. The number of fused-ring (bicyclic) bond motifs is 5. The third kappa shape index (κ3) is 4.90. The molecule has 2 aliphatic carbocycles. The molecule has 7 nitrogen and oxygen atoms in total. The van der Waals surface area contributed by atoms with Crippen molar-refractivity contribution in [2.45, 2.75) is 101 Å². The number of benzene rings is 1. The predicted octanol–water partition coefficient (Wildman–Crippen LogP) is 4.77. The summed E-state index contributed by atoms with van der Waals surface area (Å²) in [6.07, 6.45) is 15.5. The fourth-order valence-corrected chi connectivity index (χ4v) is 9.25. The Morgan fingerprint density at radius 2 is 1.45 bits per heavy atom. The SMILES string of the molecule is O=C(O)CN1CCN(Cc2nc3ccccc3n2[C@H]2CC3CCC[C@@H](C2)N3[C@H]2C[C@@H]3CCC[C@@H](C3)C2)CC1. The Balaban J connectivity index is 1.11. The van der Waals surface area contributed by atoms with Crippen LogP contribution < -0.4 is 0 Å². The van der Waals surface area contributed by atoms with Crippen LogP contribution in [-0.2, 0) is 11.3 Å². The van der Waals surface area contributed by atoms with Gasteiger partial charge in [-0.15, -0.1) is 0 Å². The standard InChI is InChI=1S/C31H45N5O2/c37-31(38)21-34-13-11-33(12-14-34)20-30-32-28-9-1-2-10-29(28)36(30)27-18-24-7-4-8-25(19-27)35(24)26-16-22-5-3-6-23(15-22)17-26/h1-2,9-10,22-27H,3-8,11-21H2,(H,37,38)/t22-,23+,24-,25?,26+,27+/m0/s1. The van der Waals surface area contributed by atoms with Gasteiger partial charge in [-0.05, 0) is 68.9 Å². The number of carbonyl (C=O) groups is 1. The predicted molar refractivity (Wildman–Crippen MR) is 149 cm³/mol. The first kappa shape index (κ1) is 25.0. The van der Waals surface area contributed by atoms with Gasteiger partial charge in [-0.2, -0.15) is 0 Å². The molecular weight excluding hydrogens is 474 g/mol. The number of aromatic nitrogens is 2. The van der Waals surface area contributed by atoms with Crippen molar-refractivity contribution in [2.75, 3.05) is 32.7 Å². The molecule has 7 heteroatoms. The fraction of sp³-hybridized carbons (Fsp3) is 0.742. The summed E-state index contributed by atoms with van der Waals surface area (Å²) < 4.78 is 2.64. The number of para-hydroxylation sites is 2. The van der Waals surface area contributed by atoms with Crippen molar-refractivity contribution in [2.24, 2.45) is 11.8 Å². The summed E-state index contributed by atoms with van der Waals surface area (Å²) in [6, 6.07) is 11.6. The molecule has 1 aromatic heterocycles. The number of piperazine rings is 1. The molecule has 6 atom stereocenters. The van der Waals surface area contributed by atoms with Crippen LogP contribution in [0, 0.1) is 11.8 Å². The van der Waals surface area contributed by atoms with Crippen LogP contribution in [0.2, 0.25) is 0 Å². The van der Waals surface area contributed by atoms with Crippen molar-refractivity contribution in [1.82, 2.24) is 24.3 Å². The zero-order valence-electron chi connectivity index (χ0n) is 22.9. The van der Waals surface area contributed by atoms with Crippen LogP contribution in [0.1, 0.15) is 82.5 Å². The van der Waals surface area contributed by atoms with E-state index in [4.69, 9.17) is 10.1 Å². The van der Waals surface area contributed by atoms with Gasteiger partial charge >= 0.3 is 5.97 Å². The summed E-state index contributed by atoms with van der Waals surface area (Å²) in [7, 11) is 0. The van der Waals surface area contributed by atoms with E-state index in [2.05, 4.69) is 43.5 Å². The summed E-state index contributed by atoms with van der Waals surface area (Å²) in [6.45, 7) is 4.46. The molecule has 5 aliphatic rings. The van der Waals surface area contributed by atoms with Gasteiger partial charge in [-0.25, -0.2) is 4.98 Å². The van der Waals surface area contributed by atoms with Gasteiger partial charge < -0.3 is 9.67 Å². The molecular formula is C31H45N5O2. The summed E-state index contributed by atoms with van der Waals surface area (Å²) in [5, 5.41) is 9.17. The number of imidazole rings is 1. The van der Waals surface area contributed by atoms with Gasteiger partial charge in [0.25, 0.3) is 0 Å². The number of rotatable bonds is 6. The van der Waals surface area contributed by atoms with Crippen molar-refractivity contribution >= 4 is 17.0 Å². The first-order valence-electron chi connectivity index (χ1n) is 15.5. The lowest BCUT2D eigenvalue weighted by Gasteiger charge is -2.55. The van der Waals surface area contributed by atoms with Crippen molar-refractivity contribution < 1.29 is 9.90 Å². The van der Waals surface area contributed by atoms with E-state index in [1.165, 1.54) is 82.0 Å². The Labute approximate surface area is 227 Å². The summed E-state index contributed by atoms with van der Waals surface area (Å²) in [5.74, 6) is 2.47. The molecule has 7 rings (SSSR count). The molecule has 5 fully saturated rings. The van der Waals surface area contributed by atoms with Gasteiger partial charge in [0.2, 0.25) is 0 Å². The fourth-order valence-electron chi connectivity index (χ4n) is 9.25. The molecule has 206 valence electrons. The minimum absolute atomic E-state index is 0.149. The topological polar surface area (TPSA) is 64.8 Å². The summed E-state index contributed by atoms with van der Waals surface area (Å²) in [4.78, 5) is 23.9. The van der Waals surface area contributed by atoms with E-state index in [9.17, 15) is 4.79 Å². The van der Waals surface area contributed by atoms with Crippen molar-refractivity contribution in [3.05, 3.63) is 30.1 Å². The summed E-state index contributed by atoms with van der Waals surface area (Å²) >= 11 is 0. The quantitative estimate of drug-likeness (QED) is 0.593. The molecule has 4 bridgehead atoms. The summed E-state index contributed by atoms with van der Waals surface area (Å²) in [5.41, 5.74) is 2.43. The number of carboxylic acid groups (broad SMARTS) is 1. The zero-order chi connectivity index (χ0) is 25.6. The van der Waals surface area contributed by atoms with Gasteiger partial charge in [-0.1, -0.05) is 37.8 Å². The number of aliphatic carboxylic acids is 1. The van der Waals surface area contributed by atoms with E-state index in [1.54, 1.807) is 0 Å². The van der Waals surface area contributed by atoms with Crippen LogP contribution in [0.5, 0.6) is 0 Å². The molecule has 1 N–H and O–H groups in total. The lowest BCUT2D eigenvalue weighted by atomic mass is 9.68. The molecule has 1 aromatic carbocycles. The van der Waals surface area contributed by atoms with Crippen LogP contribution in [0.3, 0.4) is 0 Å². The van der Waals surface area contributed by atoms with E-state index in [1.807, 2.05) is 0 Å². The molecule has 2 aromatic rings. The Morgan fingerprint density at radius 3 is 2.16 bits per heavy atom. The molecule has 38 heavy (non-hydrogen) atoms. The highest BCUT2D eigenvalue weighted by Crippen LogP contribution is 2.48. The highest BCUT2D eigenvalue weighted by Gasteiger charge is 2.45. The van der Waals surface area contributed by atoms with E-state index in [0.29, 0.717) is 6.04 Å². The highest BCUT2D eigenvalue weighted by molar-refractivity contribution is 5.76. The molecule has 0 radical (unpaired) electrons. The zero-order valence-corrected chi connectivity index (χ0v) is 22.9. The molecule has 4 heterocycles. The molecule has 0 amide bonds. The van der Waals surface area contributed by atoms with E-state index < -0.39 is 5.97 Å². The van der Waals surface area contributed by atoms with Crippen LogP contribution in [-0.4, -0.2) is 86.2 Å². The van der Waals surface area contributed by atoms with E-state index >= 15 is 0 Å². The minimum Gasteiger partial charge on any atom is -0.480 e. The van der Waals surface area contributed by atoms with Gasteiger partial charge in [0.15, 0.2) is 0 Å². The first-order chi connectivity index (χ1) is 18.6. The van der Waals surface area contributed by atoms with Crippen LogP contribution >= 0.6 is 0 Å². The van der Waals surface area contributed by atoms with Gasteiger partial charge in [0, 0.05) is 50.3 Å². The van der Waals surface area contributed by atoms with Gasteiger partial charge in [-0.3, -0.25) is 19.5 Å². The Morgan fingerprint density at radius 1 is 0.789 bits per heavy atom. The molecule has 1 unspecified atom stereocenters. The van der Waals surface area contributed by atoms with Crippen molar-refractivity contribution in [3.8, 4) is 0 Å². The Kier molecular flexibility index (Phi) is 6.95. The third-order valence-electron chi connectivity index (χ3n) is 10.8. The van der Waals surface area contributed by atoms with Crippen LogP contribution in [0.4, 0.5) is 0 Å². The Bertz CT molecular complexity index is 1110. The number of hydrogen-bond donors (Lipinski definition) is 1. The van der Waals surface area contributed by atoms with Crippen LogP contribution in [0.25, 0.3) is 11.0 Å². The maximum atomic E-state index is 11.1. The largest absolute Gasteiger partial charge is 0.480 e. The van der Waals surface area contributed by atoms with E-state index in [-0.39, 0.29) is 6.54 Å². The lowest BCUT2D eigenvalue weighted by Crippen LogP contribution is -2.58. The number of carboxylic acids is 1. The number of nitrogens with zero attached hydrogens (tertiary/aromatic N) is 5. The number of hydrogen-bond acceptors (Lipinski definition) is 5. The second-order valence-electron chi connectivity index (χ2n) is 13.2. The first-order valence-corrected chi connectivity index (χ1v) is 15.5. The van der Waals surface area contributed by atoms with Crippen molar-refractivity contribution in [3.63, 3.8) is 0 Å². The van der Waals surface area contributed by atoms with Gasteiger partial charge in [0.1, 0.15) is 5.82 Å². The average molecular weight is 520 g/mol. The average Bonchev–Trinajstić information content (AvgIpc) is 3.26. The van der Waals surface area contributed by atoms with Crippen molar-refractivity contribution in [1.29, 1.82) is 0 Å². The molecule has 0 spiro atoms.